The van der Waals surface area contributed by atoms with Crippen molar-refractivity contribution in [3.63, 3.8) is 0 Å². The van der Waals surface area contributed by atoms with Crippen LogP contribution in [0.4, 0.5) is 0 Å². The summed E-state index contributed by atoms with van der Waals surface area (Å²) in [5.74, 6) is -0.998. The van der Waals surface area contributed by atoms with E-state index in [-0.39, 0.29) is 5.69 Å². The van der Waals surface area contributed by atoms with Gasteiger partial charge in [0.05, 0.1) is 0 Å². The molecule has 1 heterocycles. The fourth-order valence-electron chi connectivity index (χ4n) is 1.69. The number of rotatable bonds is 2. The molecular formula is C14H13NO2. The Morgan fingerprint density at radius 1 is 1.06 bits per heavy atom. The van der Waals surface area contributed by atoms with Crippen LogP contribution in [-0.2, 0) is 0 Å². The third-order valence-electron chi connectivity index (χ3n) is 2.56. The molecule has 0 radical (unpaired) electrons. The number of hydrogen-bond donors (Lipinski definition) is 1. The number of carboxylic acid groups (broad SMARTS) is 1. The van der Waals surface area contributed by atoms with Crippen molar-refractivity contribution in [3.05, 3.63) is 53.3 Å². The van der Waals surface area contributed by atoms with E-state index in [1.165, 1.54) is 5.56 Å². The number of carbonyl (C=O) groups is 1. The highest BCUT2D eigenvalue weighted by Gasteiger charge is 2.08. The smallest absolute Gasteiger partial charge is 0.354 e. The number of aryl methyl sites for hydroxylation is 2. The highest BCUT2D eigenvalue weighted by atomic mass is 16.4. The van der Waals surface area contributed by atoms with E-state index in [1.54, 1.807) is 13.0 Å². The van der Waals surface area contributed by atoms with E-state index in [0.29, 0.717) is 5.69 Å². The topological polar surface area (TPSA) is 50.2 Å². The van der Waals surface area contributed by atoms with Gasteiger partial charge in [-0.05, 0) is 37.1 Å². The molecule has 1 N–H and O–H groups in total. The summed E-state index contributed by atoms with van der Waals surface area (Å²) in [4.78, 5) is 14.9. The summed E-state index contributed by atoms with van der Waals surface area (Å²) >= 11 is 0. The average Bonchev–Trinajstić information content (AvgIpc) is 2.29. The molecule has 0 unspecified atom stereocenters. The van der Waals surface area contributed by atoms with E-state index in [9.17, 15) is 4.79 Å². The Morgan fingerprint density at radius 3 is 2.29 bits per heavy atom. The minimum absolute atomic E-state index is 0.0839. The molecule has 2 rings (SSSR count). The van der Waals surface area contributed by atoms with E-state index in [0.717, 1.165) is 11.1 Å². The molecule has 2 aromatic rings. The zero-order valence-corrected chi connectivity index (χ0v) is 9.77. The van der Waals surface area contributed by atoms with Gasteiger partial charge in [0.1, 0.15) is 5.69 Å². The quantitative estimate of drug-likeness (QED) is 0.857. The predicted molar refractivity (Wildman–Crippen MR) is 66.1 cm³/mol. The zero-order chi connectivity index (χ0) is 12.4. The van der Waals surface area contributed by atoms with Crippen molar-refractivity contribution in [2.75, 3.05) is 0 Å². The molecule has 0 saturated carbocycles. The van der Waals surface area contributed by atoms with Gasteiger partial charge in [0.15, 0.2) is 0 Å². The second-order valence-electron chi connectivity index (χ2n) is 4.05. The number of pyridine rings is 1. The van der Waals surface area contributed by atoms with Crippen LogP contribution >= 0.6 is 0 Å². The van der Waals surface area contributed by atoms with Crippen LogP contribution in [0.1, 0.15) is 21.7 Å². The monoisotopic (exact) mass is 227 g/mol. The Bertz CT molecular complexity index is 559. The third kappa shape index (κ3) is 2.50. The first-order chi connectivity index (χ1) is 8.06. The Labute approximate surface area is 99.8 Å². The SMILES string of the molecule is Cc1ccc(-c2cc(C)nc(C(=O)O)c2)cc1. The molecule has 1 aromatic carbocycles. The van der Waals surface area contributed by atoms with Crippen LogP contribution < -0.4 is 0 Å². The zero-order valence-electron chi connectivity index (χ0n) is 9.77. The Kier molecular flexibility index (Phi) is 2.91. The molecule has 3 nitrogen and oxygen atoms in total. The molecule has 0 aliphatic heterocycles. The molecule has 1 aromatic heterocycles. The molecule has 0 aliphatic carbocycles. The van der Waals surface area contributed by atoms with Gasteiger partial charge in [0, 0.05) is 5.69 Å². The van der Waals surface area contributed by atoms with Gasteiger partial charge in [-0.15, -0.1) is 0 Å². The van der Waals surface area contributed by atoms with E-state index in [4.69, 9.17) is 5.11 Å². The number of hydrogen-bond acceptors (Lipinski definition) is 2. The summed E-state index contributed by atoms with van der Waals surface area (Å²) in [6, 6.07) is 11.5. The van der Waals surface area contributed by atoms with Gasteiger partial charge in [0.2, 0.25) is 0 Å². The van der Waals surface area contributed by atoms with Crippen LogP contribution in [0.5, 0.6) is 0 Å². The van der Waals surface area contributed by atoms with E-state index in [2.05, 4.69) is 4.98 Å². The normalized spacial score (nSPS) is 10.2. The summed E-state index contributed by atoms with van der Waals surface area (Å²) in [6.45, 7) is 3.81. The van der Waals surface area contributed by atoms with Gasteiger partial charge in [-0.2, -0.15) is 0 Å². The molecule has 0 atom stereocenters. The molecule has 0 spiro atoms. The molecule has 0 aliphatic rings. The number of aromatic carboxylic acids is 1. The number of nitrogens with zero attached hydrogens (tertiary/aromatic N) is 1. The van der Waals surface area contributed by atoms with Crippen molar-refractivity contribution in [2.24, 2.45) is 0 Å². The molecule has 0 amide bonds. The van der Waals surface area contributed by atoms with Crippen LogP contribution in [0, 0.1) is 13.8 Å². The van der Waals surface area contributed by atoms with Gasteiger partial charge in [-0.25, -0.2) is 9.78 Å². The summed E-state index contributed by atoms with van der Waals surface area (Å²) in [7, 11) is 0. The number of carboxylic acids is 1. The van der Waals surface area contributed by atoms with Crippen molar-refractivity contribution in [1.29, 1.82) is 0 Å². The molecule has 3 heteroatoms. The lowest BCUT2D eigenvalue weighted by molar-refractivity contribution is 0.0690. The van der Waals surface area contributed by atoms with Gasteiger partial charge in [0.25, 0.3) is 0 Å². The van der Waals surface area contributed by atoms with Gasteiger partial charge in [-0.3, -0.25) is 0 Å². The second kappa shape index (κ2) is 4.37. The Balaban J connectivity index is 2.51. The molecule has 86 valence electrons. The van der Waals surface area contributed by atoms with Gasteiger partial charge < -0.3 is 5.11 Å². The lowest BCUT2D eigenvalue weighted by Gasteiger charge is -2.05. The van der Waals surface area contributed by atoms with Gasteiger partial charge >= 0.3 is 5.97 Å². The fourth-order valence-corrected chi connectivity index (χ4v) is 1.69. The lowest BCUT2D eigenvalue weighted by Crippen LogP contribution is -2.01. The minimum atomic E-state index is -0.998. The highest BCUT2D eigenvalue weighted by Crippen LogP contribution is 2.21. The second-order valence-corrected chi connectivity index (χ2v) is 4.05. The Morgan fingerprint density at radius 2 is 1.71 bits per heavy atom. The highest BCUT2D eigenvalue weighted by molar-refractivity contribution is 5.87. The van der Waals surface area contributed by atoms with E-state index in [1.807, 2.05) is 37.3 Å². The molecule has 0 fully saturated rings. The maximum absolute atomic E-state index is 10.9. The van der Waals surface area contributed by atoms with Crippen LogP contribution in [0.2, 0.25) is 0 Å². The first kappa shape index (κ1) is 11.3. The summed E-state index contributed by atoms with van der Waals surface area (Å²) < 4.78 is 0. The Hall–Kier alpha value is -2.16. The minimum Gasteiger partial charge on any atom is -0.477 e. The maximum Gasteiger partial charge on any atom is 0.354 e. The first-order valence-electron chi connectivity index (χ1n) is 5.35. The molecule has 0 saturated heterocycles. The number of aromatic nitrogens is 1. The average molecular weight is 227 g/mol. The van der Waals surface area contributed by atoms with Crippen molar-refractivity contribution < 1.29 is 9.90 Å². The van der Waals surface area contributed by atoms with Crippen molar-refractivity contribution >= 4 is 5.97 Å². The summed E-state index contributed by atoms with van der Waals surface area (Å²) in [5.41, 5.74) is 3.86. The predicted octanol–water partition coefficient (Wildman–Crippen LogP) is 3.06. The lowest BCUT2D eigenvalue weighted by atomic mass is 10.0. The standard InChI is InChI=1S/C14H13NO2/c1-9-3-5-11(6-4-9)12-7-10(2)15-13(8-12)14(16)17/h3-8H,1-2H3,(H,16,17). The van der Waals surface area contributed by atoms with E-state index < -0.39 is 5.97 Å². The van der Waals surface area contributed by atoms with Crippen LogP contribution in [0.15, 0.2) is 36.4 Å². The molecule has 0 bridgehead atoms. The summed E-state index contributed by atoms with van der Waals surface area (Å²) in [6.07, 6.45) is 0. The van der Waals surface area contributed by atoms with Crippen molar-refractivity contribution in [2.45, 2.75) is 13.8 Å². The number of benzene rings is 1. The van der Waals surface area contributed by atoms with Crippen molar-refractivity contribution in [3.8, 4) is 11.1 Å². The van der Waals surface area contributed by atoms with Crippen LogP contribution in [-0.4, -0.2) is 16.1 Å². The summed E-state index contributed by atoms with van der Waals surface area (Å²) in [5, 5.41) is 8.96. The molecular weight excluding hydrogens is 214 g/mol. The van der Waals surface area contributed by atoms with Gasteiger partial charge in [-0.1, -0.05) is 29.8 Å². The fraction of sp³-hybridized carbons (Fsp3) is 0.143. The van der Waals surface area contributed by atoms with Crippen molar-refractivity contribution in [1.82, 2.24) is 4.98 Å². The largest absolute Gasteiger partial charge is 0.477 e. The maximum atomic E-state index is 10.9. The molecule has 17 heavy (non-hydrogen) atoms. The third-order valence-corrected chi connectivity index (χ3v) is 2.56. The first-order valence-corrected chi connectivity index (χ1v) is 5.35. The van der Waals surface area contributed by atoms with E-state index >= 15 is 0 Å². The van der Waals surface area contributed by atoms with Crippen LogP contribution in [0.3, 0.4) is 0 Å². The van der Waals surface area contributed by atoms with Crippen LogP contribution in [0.25, 0.3) is 11.1 Å².